The fourth-order valence-corrected chi connectivity index (χ4v) is 0. The molecule has 0 aliphatic heterocycles. The van der Waals surface area contributed by atoms with Crippen molar-refractivity contribution in [2.24, 2.45) is 5.90 Å². The zero-order valence-electron chi connectivity index (χ0n) is 3.24. The van der Waals surface area contributed by atoms with Crippen LogP contribution in [0.3, 0.4) is 0 Å². The molecule has 0 aromatic heterocycles. The van der Waals surface area contributed by atoms with Crippen molar-refractivity contribution in [1.82, 2.24) is 0 Å². The summed E-state index contributed by atoms with van der Waals surface area (Å²) in [7, 11) is 0. The van der Waals surface area contributed by atoms with E-state index in [1.807, 2.05) is 0 Å². The Morgan fingerprint density at radius 2 is 1.25 bits per heavy atom. The van der Waals surface area contributed by atoms with Gasteiger partial charge in [-0.05, 0) is 0 Å². The van der Waals surface area contributed by atoms with Gasteiger partial charge in [-0.1, -0.05) is 0 Å². The van der Waals surface area contributed by atoms with Crippen molar-refractivity contribution in [3.63, 3.8) is 0 Å². The fraction of sp³-hybridized carbons (Fsp3) is 0. The van der Waals surface area contributed by atoms with Crippen LogP contribution in [0.1, 0.15) is 0 Å². The van der Waals surface area contributed by atoms with E-state index in [0.717, 1.165) is 0 Å². The molecule has 0 aromatic rings. The number of hydrogen-bond donors (Lipinski definition) is 4. The molecule has 0 aliphatic rings. The predicted octanol–water partition coefficient (Wildman–Crippen LogP) is -0.670. The molecule has 0 amide bonds. The van der Waals surface area contributed by atoms with Gasteiger partial charge in [-0.15, -0.1) is 12.4 Å². The quantitative estimate of drug-likeness (QED) is 0.286. The molecule has 0 heterocycles. The van der Waals surface area contributed by atoms with Crippen molar-refractivity contribution >= 4 is 69.9 Å². The Kier molecular flexibility index (Phi) is 69.6. The van der Waals surface area contributed by atoms with Gasteiger partial charge in [-0.25, -0.2) is 10.7 Å². The zero-order chi connectivity index (χ0) is 5.58. The number of rotatable bonds is 0. The van der Waals surface area contributed by atoms with Crippen molar-refractivity contribution in [2.45, 2.75) is 0 Å². The third kappa shape index (κ3) is 214. The number of carbonyl (C=O) groups is 1. The molecule has 0 rings (SSSR count). The second-order valence-electron chi connectivity index (χ2n) is 0.283. The second-order valence-corrected chi connectivity index (χ2v) is 0.283. The van der Waals surface area contributed by atoms with Crippen molar-refractivity contribution in [2.75, 3.05) is 0 Å². The van der Waals surface area contributed by atoms with Crippen molar-refractivity contribution in [3.8, 4) is 0 Å². The van der Waals surface area contributed by atoms with Gasteiger partial charge in [0, 0.05) is 0 Å². The van der Waals surface area contributed by atoms with Crippen LogP contribution in [0.5, 0.6) is 0 Å². The molecule has 5 N–H and O–H groups in total. The molecular formula is CH7ClKNO4. The van der Waals surface area contributed by atoms with Crippen LogP contribution >= 0.6 is 12.4 Å². The van der Waals surface area contributed by atoms with Crippen LogP contribution in [0, 0.1) is 0 Å². The van der Waals surface area contributed by atoms with E-state index < -0.39 is 6.16 Å². The molecule has 0 aliphatic carbocycles. The summed E-state index contributed by atoms with van der Waals surface area (Å²) < 4.78 is 0. The zero-order valence-corrected chi connectivity index (χ0v) is 4.05. The van der Waals surface area contributed by atoms with Gasteiger partial charge in [-0.2, -0.15) is 0 Å². The van der Waals surface area contributed by atoms with Gasteiger partial charge in [0.25, 0.3) is 0 Å². The van der Waals surface area contributed by atoms with Gasteiger partial charge >= 0.3 is 57.5 Å². The van der Waals surface area contributed by atoms with Gasteiger partial charge in [0.15, 0.2) is 0 Å². The van der Waals surface area contributed by atoms with E-state index in [2.05, 4.69) is 5.90 Å². The van der Waals surface area contributed by atoms with Gasteiger partial charge < -0.3 is 15.4 Å². The first kappa shape index (κ1) is 22.9. The fourth-order valence-electron chi connectivity index (χ4n) is 0. The van der Waals surface area contributed by atoms with Crippen LogP contribution < -0.4 is 5.90 Å². The molecule has 0 atom stereocenters. The first-order chi connectivity index (χ1) is 2.73. The van der Waals surface area contributed by atoms with Crippen LogP contribution in [-0.2, 0) is 0 Å². The van der Waals surface area contributed by atoms with Crippen LogP contribution in [0.15, 0.2) is 0 Å². The molecule has 7 heteroatoms. The van der Waals surface area contributed by atoms with E-state index in [1.165, 1.54) is 0 Å². The van der Waals surface area contributed by atoms with E-state index in [1.54, 1.807) is 0 Å². The third-order valence-electron chi connectivity index (χ3n) is 0. The summed E-state index contributed by atoms with van der Waals surface area (Å²) in [6, 6.07) is 0. The normalized spacial score (nSPS) is 3.75. The van der Waals surface area contributed by atoms with Gasteiger partial charge in [0.05, 0.1) is 0 Å². The van der Waals surface area contributed by atoms with Crippen molar-refractivity contribution in [3.05, 3.63) is 0 Å². The summed E-state index contributed by atoms with van der Waals surface area (Å²) in [5.74, 6) is 3.50. The molecule has 0 unspecified atom stereocenters. The van der Waals surface area contributed by atoms with Crippen LogP contribution in [0.25, 0.3) is 0 Å². The Morgan fingerprint density at radius 1 is 1.25 bits per heavy atom. The summed E-state index contributed by atoms with van der Waals surface area (Å²) in [5, 5.41) is 20.4. The molecule has 0 saturated carbocycles. The molecule has 0 radical (unpaired) electrons. The van der Waals surface area contributed by atoms with Crippen molar-refractivity contribution in [1.29, 1.82) is 0 Å². The van der Waals surface area contributed by atoms with E-state index in [4.69, 9.17) is 20.2 Å². The van der Waals surface area contributed by atoms with Crippen LogP contribution in [-0.4, -0.2) is 73.0 Å². The summed E-state index contributed by atoms with van der Waals surface area (Å²) in [6.45, 7) is 0. The Hall–Kier alpha value is 1.12. The second kappa shape index (κ2) is 24.3. The standard InChI is InChI=1S/CH2O3.ClH.K.H3NO.H/c2-1(3)4;;;1-2;/h(H2,2,3,4);1H;;2H,1H2;. The van der Waals surface area contributed by atoms with Crippen molar-refractivity contribution < 1.29 is 20.2 Å². The molecule has 0 aromatic carbocycles. The average molecular weight is 172 g/mol. The topological polar surface area (TPSA) is 104 Å². The minimum atomic E-state index is -1.83. The number of halogens is 1. The summed E-state index contributed by atoms with van der Waals surface area (Å²) in [4.78, 5) is 8.56. The minimum absolute atomic E-state index is 0. The molecule has 48 valence electrons. The third-order valence-corrected chi connectivity index (χ3v) is 0. The summed E-state index contributed by atoms with van der Waals surface area (Å²) in [6.07, 6.45) is -1.83. The monoisotopic (exact) mass is 171 g/mol. The van der Waals surface area contributed by atoms with E-state index in [9.17, 15) is 0 Å². The Morgan fingerprint density at radius 3 is 1.25 bits per heavy atom. The molecule has 0 bridgehead atoms. The maximum absolute atomic E-state index is 8.56. The van der Waals surface area contributed by atoms with Gasteiger partial charge in [-0.3, -0.25) is 0 Å². The van der Waals surface area contributed by atoms with Gasteiger partial charge in [0.1, 0.15) is 0 Å². The molecular weight excluding hydrogens is 165 g/mol. The number of hydrogen-bond acceptors (Lipinski definition) is 3. The maximum atomic E-state index is 8.56. The Bertz CT molecular complexity index is 39.0. The summed E-state index contributed by atoms with van der Waals surface area (Å²) in [5.41, 5.74) is 0. The predicted molar refractivity (Wildman–Crippen MR) is 31.0 cm³/mol. The van der Waals surface area contributed by atoms with Crippen LogP contribution in [0.4, 0.5) is 4.79 Å². The Balaban J connectivity index is -0.0000000183. The molecule has 0 spiro atoms. The van der Waals surface area contributed by atoms with E-state index in [0.29, 0.717) is 0 Å². The molecule has 0 saturated heterocycles. The van der Waals surface area contributed by atoms with E-state index in [-0.39, 0.29) is 63.8 Å². The number of carboxylic acid groups (broad SMARTS) is 2. The molecule has 0 fully saturated rings. The first-order valence-electron chi connectivity index (χ1n) is 0.910. The molecule has 5 nitrogen and oxygen atoms in total. The SMILES string of the molecule is Cl.NO.O=C(O)O.[KH]. The Labute approximate surface area is 94.7 Å². The van der Waals surface area contributed by atoms with E-state index >= 15 is 0 Å². The average Bonchev–Trinajstić information content (AvgIpc) is 1.41. The van der Waals surface area contributed by atoms with Gasteiger partial charge in [0.2, 0.25) is 0 Å². The van der Waals surface area contributed by atoms with Crippen LogP contribution in [0.2, 0.25) is 0 Å². The molecule has 8 heavy (non-hydrogen) atoms. The number of nitrogens with two attached hydrogens (primary N) is 1. The first-order valence-corrected chi connectivity index (χ1v) is 0.910. The summed E-state index contributed by atoms with van der Waals surface area (Å²) >= 11 is 0.